The summed E-state index contributed by atoms with van der Waals surface area (Å²) in [5.41, 5.74) is 0. The summed E-state index contributed by atoms with van der Waals surface area (Å²) < 4.78 is 44.9. The minimum absolute atomic E-state index is 0.0367. The van der Waals surface area contributed by atoms with Crippen molar-refractivity contribution in [2.75, 3.05) is 18.8 Å². The van der Waals surface area contributed by atoms with E-state index in [1.165, 1.54) is 0 Å². The van der Waals surface area contributed by atoms with E-state index in [-0.39, 0.29) is 12.3 Å². The highest BCUT2D eigenvalue weighted by atomic mass is 32.2. The molecule has 0 saturated heterocycles. The second-order valence-corrected chi connectivity index (χ2v) is 5.03. The molecule has 0 fully saturated rings. The van der Waals surface area contributed by atoms with E-state index in [2.05, 4.69) is 9.44 Å². The molecule has 0 heterocycles. The number of hydrogen-bond donors (Lipinski definition) is 3. The third kappa shape index (κ3) is 8.31. The lowest BCUT2D eigenvalue weighted by Gasteiger charge is -2.03. The molecule has 8 heteroatoms. The molecule has 6 nitrogen and oxygen atoms in total. The summed E-state index contributed by atoms with van der Waals surface area (Å²) >= 11 is -2.06. The van der Waals surface area contributed by atoms with Crippen LogP contribution in [0.3, 0.4) is 0 Å². The van der Waals surface area contributed by atoms with Gasteiger partial charge in [0.1, 0.15) is 0 Å². The van der Waals surface area contributed by atoms with Gasteiger partial charge in [-0.15, -0.1) is 0 Å². The van der Waals surface area contributed by atoms with E-state index < -0.39 is 21.3 Å². The molecule has 0 radical (unpaired) electrons. The third-order valence-electron chi connectivity index (χ3n) is 1.18. The minimum atomic E-state index is -3.20. The Labute approximate surface area is 80.6 Å². The average molecular weight is 230 g/mol. The summed E-state index contributed by atoms with van der Waals surface area (Å²) in [7, 11) is -3.20. The highest BCUT2D eigenvalue weighted by molar-refractivity contribution is 7.89. The molecule has 0 aromatic carbocycles. The maximum Gasteiger partial charge on any atom is 0.231 e. The van der Waals surface area contributed by atoms with Gasteiger partial charge in [-0.2, -0.15) is 0 Å². The largest absolute Gasteiger partial charge is 0.294 e. The van der Waals surface area contributed by atoms with Crippen molar-refractivity contribution < 1.29 is 17.2 Å². The Bertz CT molecular complexity index is 251. The summed E-state index contributed by atoms with van der Waals surface area (Å²) in [4.78, 5) is 0. The Hall–Kier alpha value is -0.0200. The summed E-state index contributed by atoms with van der Waals surface area (Å²) in [5.74, 6) is -0.0367. The molecule has 0 bridgehead atoms. The first-order valence-electron chi connectivity index (χ1n) is 3.79. The monoisotopic (exact) mass is 230 g/mol. The molecular formula is C5H14N2O4S2. The van der Waals surface area contributed by atoms with Crippen LogP contribution >= 0.6 is 0 Å². The highest BCUT2D eigenvalue weighted by Gasteiger charge is 2.07. The number of sulfonamides is 1. The first kappa shape index (κ1) is 13.0. The predicted octanol–water partition coefficient (Wildman–Crippen LogP) is -0.958. The van der Waals surface area contributed by atoms with Crippen LogP contribution in [0.5, 0.6) is 0 Å². The van der Waals surface area contributed by atoms with Crippen LogP contribution in [0, 0.1) is 0 Å². The van der Waals surface area contributed by atoms with Crippen LogP contribution in [-0.2, 0) is 21.3 Å². The van der Waals surface area contributed by atoms with Crippen molar-refractivity contribution in [1.82, 2.24) is 9.44 Å². The molecule has 0 aliphatic carbocycles. The molecule has 1 atom stereocenters. The lowest BCUT2D eigenvalue weighted by Crippen LogP contribution is -2.28. The molecular weight excluding hydrogens is 216 g/mol. The van der Waals surface area contributed by atoms with Crippen molar-refractivity contribution in [2.24, 2.45) is 0 Å². The van der Waals surface area contributed by atoms with Gasteiger partial charge in [-0.05, 0) is 6.42 Å². The fraction of sp³-hybridized carbons (Fsp3) is 1.00. The first-order valence-corrected chi connectivity index (χ1v) is 6.55. The maximum atomic E-state index is 11.0. The second kappa shape index (κ2) is 6.44. The van der Waals surface area contributed by atoms with Crippen LogP contribution in [0.4, 0.5) is 0 Å². The van der Waals surface area contributed by atoms with Gasteiger partial charge in [-0.3, -0.25) is 4.55 Å². The second-order valence-electron chi connectivity index (χ2n) is 2.31. The van der Waals surface area contributed by atoms with E-state index in [0.717, 1.165) is 0 Å². The molecule has 1 unspecified atom stereocenters. The van der Waals surface area contributed by atoms with Crippen LogP contribution in [0.1, 0.15) is 13.3 Å². The van der Waals surface area contributed by atoms with Crippen LogP contribution < -0.4 is 9.44 Å². The van der Waals surface area contributed by atoms with E-state index in [4.69, 9.17) is 4.55 Å². The fourth-order valence-electron chi connectivity index (χ4n) is 0.714. The van der Waals surface area contributed by atoms with Crippen LogP contribution in [0.15, 0.2) is 0 Å². The lowest BCUT2D eigenvalue weighted by molar-refractivity contribution is 0.546. The molecule has 0 aromatic heterocycles. The highest BCUT2D eigenvalue weighted by Crippen LogP contribution is 1.87. The Morgan fingerprint density at radius 1 is 1.46 bits per heavy atom. The smallest absolute Gasteiger partial charge is 0.231 e. The van der Waals surface area contributed by atoms with Gasteiger partial charge in [0.15, 0.2) is 0 Å². The zero-order valence-corrected chi connectivity index (χ0v) is 8.95. The zero-order valence-electron chi connectivity index (χ0n) is 7.32. The van der Waals surface area contributed by atoms with Gasteiger partial charge in [0, 0.05) is 13.1 Å². The molecule has 80 valence electrons. The SMILES string of the molecule is CCNS(=O)(=O)CCCNS(=O)O. The van der Waals surface area contributed by atoms with Gasteiger partial charge in [-0.25, -0.2) is 22.1 Å². The molecule has 0 aliphatic rings. The summed E-state index contributed by atoms with van der Waals surface area (Å²) in [6.45, 7) is 2.26. The minimum Gasteiger partial charge on any atom is -0.294 e. The first-order chi connectivity index (χ1) is 5.98. The third-order valence-corrected chi connectivity index (χ3v) is 3.19. The van der Waals surface area contributed by atoms with Crippen molar-refractivity contribution in [3.63, 3.8) is 0 Å². The topological polar surface area (TPSA) is 95.5 Å². The molecule has 0 rings (SSSR count). The van der Waals surface area contributed by atoms with E-state index in [1.807, 2.05) is 0 Å². The van der Waals surface area contributed by atoms with Crippen molar-refractivity contribution >= 4 is 21.3 Å². The van der Waals surface area contributed by atoms with Gasteiger partial charge in [-0.1, -0.05) is 6.92 Å². The molecule has 0 amide bonds. The van der Waals surface area contributed by atoms with Crippen molar-refractivity contribution in [3.8, 4) is 0 Å². The van der Waals surface area contributed by atoms with Crippen molar-refractivity contribution in [3.05, 3.63) is 0 Å². The van der Waals surface area contributed by atoms with Gasteiger partial charge >= 0.3 is 0 Å². The predicted molar refractivity (Wildman–Crippen MR) is 50.9 cm³/mol. The summed E-state index contributed by atoms with van der Waals surface area (Å²) in [5, 5.41) is 0. The lowest BCUT2D eigenvalue weighted by atomic mass is 10.5. The number of hydrogen-bond acceptors (Lipinski definition) is 3. The van der Waals surface area contributed by atoms with Crippen LogP contribution in [0.2, 0.25) is 0 Å². The van der Waals surface area contributed by atoms with Gasteiger partial charge in [0.05, 0.1) is 5.75 Å². The van der Waals surface area contributed by atoms with Crippen LogP contribution in [0.25, 0.3) is 0 Å². The molecule has 13 heavy (non-hydrogen) atoms. The fourth-order valence-corrected chi connectivity index (χ4v) is 2.14. The molecule has 0 aliphatic heterocycles. The van der Waals surface area contributed by atoms with Crippen molar-refractivity contribution in [1.29, 1.82) is 0 Å². The van der Waals surface area contributed by atoms with E-state index in [9.17, 15) is 12.6 Å². The van der Waals surface area contributed by atoms with E-state index >= 15 is 0 Å². The van der Waals surface area contributed by atoms with Gasteiger partial charge in [0.25, 0.3) is 0 Å². The maximum absolute atomic E-state index is 11.0. The average Bonchev–Trinajstić information content (AvgIpc) is 1.98. The van der Waals surface area contributed by atoms with E-state index in [1.54, 1.807) is 6.92 Å². The number of nitrogens with one attached hydrogen (secondary N) is 2. The van der Waals surface area contributed by atoms with Gasteiger partial charge in [0.2, 0.25) is 21.3 Å². The Balaban J connectivity index is 3.58. The van der Waals surface area contributed by atoms with Crippen LogP contribution in [-0.4, -0.2) is 36.0 Å². The molecule has 0 spiro atoms. The standard InChI is InChI=1S/C5H14N2O4S2/c1-2-7-13(10,11)5-3-4-6-12(8)9/h6-7H,2-5H2,1H3,(H,8,9). The van der Waals surface area contributed by atoms with E-state index in [0.29, 0.717) is 13.0 Å². The normalized spacial score (nSPS) is 14.3. The Kier molecular flexibility index (Phi) is 6.43. The quantitative estimate of drug-likeness (QED) is 0.388. The summed E-state index contributed by atoms with van der Waals surface area (Å²) in [6.07, 6.45) is 0.307. The Morgan fingerprint density at radius 2 is 2.08 bits per heavy atom. The summed E-state index contributed by atoms with van der Waals surface area (Å²) in [6, 6.07) is 0. The molecule has 0 saturated carbocycles. The molecule has 0 aromatic rings. The molecule has 3 N–H and O–H groups in total. The Morgan fingerprint density at radius 3 is 2.54 bits per heavy atom. The zero-order chi connectivity index (χ0) is 10.3. The van der Waals surface area contributed by atoms with Crippen molar-refractivity contribution in [2.45, 2.75) is 13.3 Å². The van der Waals surface area contributed by atoms with Gasteiger partial charge < -0.3 is 0 Å². The number of rotatable bonds is 7.